The number of nitrogens with one attached hydrogen (secondary N) is 1. The number of carbonyl (C=O) groups excluding carboxylic acids is 3. The molecule has 0 radical (unpaired) electrons. The lowest BCUT2D eigenvalue weighted by atomic mass is 9.92. The highest BCUT2D eigenvalue weighted by Crippen LogP contribution is 2.28. The van der Waals surface area contributed by atoms with E-state index in [2.05, 4.69) is 5.32 Å². The van der Waals surface area contributed by atoms with Gasteiger partial charge in [0.25, 0.3) is 5.91 Å². The molecule has 8 nitrogen and oxygen atoms in total. The average molecular weight is 379 g/mol. The molecule has 2 aliphatic heterocycles. The number of hydrogen-bond acceptors (Lipinski definition) is 5. The summed E-state index contributed by atoms with van der Waals surface area (Å²) < 4.78 is 23.2. The van der Waals surface area contributed by atoms with E-state index in [1.54, 1.807) is 37.3 Å². The van der Waals surface area contributed by atoms with Crippen LogP contribution in [0.2, 0.25) is 0 Å². The zero-order chi connectivity index (χ0) is 19.1. The van der Waals surface area contributed by atoms with Crippen LogP contribution >= 0.6 is 0 Å². The summed E-state index contributed by atoms with van der Waals surface area (Å²) in [6, 6.07) is 7.75. The van der Waals surface area contributed by atoms with Gasteiger partial charge in [-0.2, -0.15) is 0 Å². The summed E-state index contributed by atoms with van der Waals surface area (Å²) in [4.78, 5) is 39.8. The predicted octanol–water partition coefficient (Wildman–Crippen LogP) is 0.0991. The van der Waals surface area contributed by atoms with Crippen molar-refractivity contribution in [3.8, 4) is 0 Å². The molecule has 1 aromatic rings. The molecule has 2 heterocycles. The van der Waals surface area contributed by atoms with E-state index < -0.39 is 45.8 Å². The van der Waals surface area contributed by atoms with Gasteiger partial charge in [0.05, 0.1) is 11.5 Å². The molecule has 0 spiro atoms. The number of nitrogens with zero attached hydrogens (tertiary/aromatic N) is 2. The van der Waals surface area contributed by atoms with Crippen molar-refractivity contribution in [3.05, 3.63) is 35.9 Å². The summed E-state index contributed by atoms with van der Waals surface area (Å²) in [6.07, 6.45) is 0.368. The summed E-state index contributed by atoms with van der Waals surface area (Å²) in [5, 5.41) is 2.64. The van der Waals surface area contributed by atoms with Crippen molar-refractivity contribution in [2.75, 3.05) is 25.1 Å². The standard InChI is InChI=1S/C17H21N3O5S/c1-17(12-6-4-3-5-7-12)15(22)20(16(23)18-17)10-14(21)19(2)13-8-9-26(24,25)11-13/h3-7,13H,8-11H2,1-2H3,(H,18,23)/t13-,17-/m1/s1. The Morgan fingerprint density at radius 3 is 2.54 bits per heavy atom. The van der Waals surface area contributed by atoms with E-state index >= 15 is 0 Å². The molecule has 0 unspecified atom stereocenters. The minimum atomic E-state index is -3.13. The van der Waals surface area contributed by atoms with Crippen LogP contribution in [0, 0.1) is 0 Å². The van der Waals surface area contributed by atoms with E-state index in [0.717, 1.165) is 4.90 Å². The van der Waals surface area contributed by atoms with Crippen molar-refractivity contribution in [1.82, 2.24) is 15.1 Å². The van der Waals surface area contributed by atoms with Gasteiger partial charge in [-0.1, -0.05) is 30.3 Å². The van der Waals surface area contributed by atoms with Gasteiger partial charge < -0.3 is 10.2 Å². The van der Waals surface area contributed by atoms with Gasteiger partial charge in [-0.05, 0) is 18.9 Å². The largest absolute Gasteiger partial charge is 0.340 e. The van der Waals surface area contributed by atoms with E-state index in [1.165, 1.54) is 11.9 Å². The minimum absolute atomic E-state index is 0.0461. The Balaban J connectivity index is 1.73. The van der Waals surface area contributed by atoms with Gasteiger partial charge in [0, 0.05) is 13.1 Å². The Hall–Kier alpha value is -2.42. The summed E-state index contributed by atoms with van der Waals surface area (Å²) in [5.74, 6) is -1.01. The molecular formula is C17H21N3O5S. The summed E-state index contributed by atoms with van der Waals surface area (Å²) in [7, 11) is -1.63. The quantitative estimate of drug-likeness (QED) is 0.747. The van der Waals surface area contributed by atoms with Gasteiger partial charge in [0.15, 0.2) is 9.84 Å². The van der Waals surface area contributed by atoms with Gasteiger partial charge in [-0.3, -0.25) is 14.5 Å². The number of hydrogen-bond donors (Lipinski definition) is 1. The number of sulfone groups is 1. The second-order valence-electron chi connectivity index (χ2n) is 6.87. The zero-order valence-corrected chi connectivity index (χ0v) is 15.5. The number of benzene rings is 1. The second-order valence-corrected chi connectivity index (χ2v) is 9.10. The summed E-state index contributed by atoms with van der Waals surface area (Å²) >= 11 is 0. The molecule has 0 aliphatic carbocycles. The Kier molecular flexibility index (Phi) is 4.51. The highest BCUT2D eigenvalue weighted by atomic mass is 32.2. The molecule has 2 fully saturated rings. The third-order valence-corrected chi connectivity index (χ3v) is 6.82. The molecule has 4 amide bonds. The van der Waals surface area contributed by atoms with Gasteiger partial charge in [-0.15, -0.1) is 0 Å². The highest BCUT2D eigenvalue weighted by Gasteiger charge is 2.49. The molecule has 26 heavy (non-hydrogen) atoms. The molecule has 9 heteroatoms. The van der Waals surface area contributed by atoms with E-state index in [4.69, 9.17) is 0 Å². The number of rotatable bonds is 4. The molecule has 0 bridgehead atoms. The van der Waals surface area contributed by atoms with Crippen molar-refractivity contribution < 1.29 is 22.8 Å². The summed E-state index contributed by atoms with van der Waals surface area (Å²) in [5.41, 5.74) is -0.600. The number of urea groups is 1. The lowest BCUT2D eigenvalue weighted by molar-refractivity contribution is -0.139. The Morgan fingerprint density at radius 1 is 1.31 bits per heavy atom. The molecule has 3 rings (SSSR count). The average Bonchev–Trinajstić information content (AvgIpc) is 3.07. The molecule has 1 N–H and O–H groups in total. The number of likely N-dealkylation sites (N-methyl/N-ethyl adjacent to an activating group) is 1. The van der Waals surface area contributed by atoms with Crippen LogP contribution in [0.3, 0.4) is 0 Å². The smallest absolute Gasteiger partial charge is 0.325 e. The third-order valence-electron chi connectivity index (χ3n) is 5.07. The monoisotopic (exact) mass is 379 g/mol. The fraction of sp³-hybridized carbons (Fsp3) is 0.471. The van der Waals surface area contributed by atoms with Gasteiger partial charge in [0.2, 0.25) is 5.91 Å². The van der Waals surface area contributed by atoms with Crippen molar-refractivity contribution in [2.24, 2.45) is 0 Å². The highest BCUT2D eigenvalue weighted by molar-refractivity contribution is 7.91. The van der Waals surface area contributed by atoms with E-state index in [1.807, 2.05) is 0 Å². The van der Waals surface area contributed by atoms with Crippen molar-refractivity contribution in [3.63, 3.8) is 0 Å². The van der Waals surface area contributed by atoms with Crippen molar-refractivity contribution >= 4 is 27.7 Å². The summed E-state index contributed by atoms with van der Waals surface area (Å²) in [6.45, 7) is 1.18. The topological polar surface area (TPSA) is 104 Å². The third kappa shape index (κ3) is 3.18. The molecule has 140 valence electrons. The van der Waals surface area contributed by atoms with Gasteiger partial charge in [-0.25, -0.2) is 13.2 Å². The van der Waals surface area contributed by atoms with E-state index in [-0.39, 0.29) is 11.5 Å². The number of amides is 4. The van der Waals surface area contributed by atoms with Gasteiger partial charge in [0.1, 0.15) is 12.1 Å². The predicted molar refractivity (Wildman–Crippen MR) is 93.9 cm³/mol. The maximum Gasteiger partial charge on any atom is 0.325 e. The van der Waals surface area contributed by atoms with Crippen LogP contribution in [-0.4, -0.2) is 67.2 Å². The molecular weight excluding hydrogens is 358 g/mol. The maximum atomic E-state index is 12.8. The van der Waals surface area contributed by atoms with Crippen LogP contribution in [-0.2, 0) is 25.0 Å². The first-order valence-electron chi connectivity index (χ1n) is 8.30. The van der Waals surface area contributed by atoms with Crippen LogP contribution in [0.4, 0.5) is 4.79 Å². The first-order valence-corrected chi connectivity index (χ1v) is 10.1. The normalized spacial score (nSPS) is 27.5. The van der Waals surface area contributed by atoms with Crippen molar-refractivity contribution in [2.45, 2.75) is 24.9 Å². The van der Waals surface area contributed by atoms with Crippen LogP contribution < -0.4 is 5.32 Å². The SMILES string of the molecule is CN(C(=O)CN1C(=O)N[C@](C)(c2ccccc2)C1=O)[C@@H]1CCS(=O)(=O)C1. The van der Waals surface area contributed by atoms with Crippen LogP contribution in [0.15, 0.2) is 30.3 Å². The zero-order valence-electron chi connectivity index (χ0n) is 14.6. The van der Waals surface area contributed by atoms with Crippen molar-refractivity contribution in [1.29, 1.82) is 0 Å². The van der Waals surface area contributed by atoms with Crippen LogP contribution in [0.5, 0.6) is 0 Å². The van der Waals surface area contributed by atoms with E-state index in [9.17, 15) is 22.8 Å². The fourth-order valence-corrected chi connectivity index (χ4v) is 5.11. The Bertz CT molecular complexity index is 854. The number of imide groups is 1. The lowest BCUT2D eigenvalue weighted by Crippen LogP contribution is -2.46. The molecule has 1 aromatic carbocycles. The molecule has 0 aromatic heterocycles. The molecule has 2 atom stereocenters. The Labute approximate surface area is 152 Å². The minimum Gasteiger partial charge on any atom is -0.340 e. The van der Waals surface area contributed by atoms with E-state index in [0.29, 0.717) is 12.0 Å². The molecule has 0 saturated carbocycles. The number of carbonyl (C=O) groups is 3. The van der Waals surface area contributed by atoms with Crippen LogP contribution in [0.1, 0.15) is 18.9 Å². The fourth-order valence-electron chi connectivity index (χ4n) is 3.34. The van der Waals surface area contributed by atoms with Gasteiger partial charge >= 0.3 is 6.03 Å². The molecule has 2 saturated heterocycles. The second kappa shape index (κ2) is 6.39. The Morgan fingerprint density at radius 2 is 1.96 bits per heavy atom. The van der Waals surface area contributed by atoms with Crippen LogP contribution in [0.25, 0.3) is 0 Å². The first-order chi connectivity index (χ1) is 12.1. The lowest BCUT2D eigenvalue weighted by Gasteiger charge is -2.26. The first kappa shape index (κ1) is 18.4. The maximum absolute atomic E-state index is 12.8. The molecule has 2 aliphatic rings.